The van der Waals surface area contributed by atoms with Crippen LogP contribution in [0.25, 0.3) is 0 Å². The summed E-state index contributed by atoms with van der Waals surface area (Å²) in [6.07, 6.45) is 8.27. The van der Waals surface area contributed by atoms with E-state index in [9.17, 15) is 0 Å². The van der Waals surface area contributed by atoms with E-state index >= 15 is 0 Å². The first-order valence-electron chi connectivity index (χ1n) is 6.58. The summed E-state index contributed by atoms with van der Waals surface area (Å²) in [6.45, 7) is 2.98. The van der Waals surface area contributed by atoms with Gasteiger partial charge in [-0.1, -0.05) is 12.1 Å². The molecule has 2 heterocycles. The molecule has 6 nitrogen and oxygen atoms in total. The highest BCUT2D eigenvalue weighted by Crippen LogP contribution is 2.17. The lowest BCUT2D eigenvalue weighted by Crippen LogP contribution is -2.30. The first kappa shape index (κ1) is 13.6. The van der Waals surface area contributed by atoms with Crippen LogP contribution in [-0.4, -0.2) is 20.0 Å². The van der Waals surface area contributed by atoms with Crippen molar-refractivity contribution in [2.45, 2.75) is 38.8 Å². The number of nitrogens with one attached hydrogen (secondary N) is 1. The Hall–Kier alpha value is -1.79. The zero-order valence-electron chi connectivity index (χ0n) is 11.2. The van der Waals surface area contributed by atoms with Crippen molar-refractivity contribution in [2.75, 3.05) is 0 Å². The van der Waals surface area contributed by atoms with Gasteiger partial charge in [0.2, 0.25) is 0 Å². The maximum atomic E-state index is 5.66. The number of aryl methyl sites for hydroxylation is 2. The van der Waals surface area contributed by atoms with Crippen molar-refractivity contribution in [3.8, 4) is 0 Å². The predicted octanol–water partition coefficient (Wildman–Crippen LogP) is 1.22. The molecular formula is C13H20N6. The minimum atomic E-state index is 0.0646. The van der Waals surface area contributed by atoms with Crippen molar-refractivity contribution >= 4 is 0 Å². The van der Waals surface area contributed by atoms with Gasteiger partial charge in [-0.2, -0.15) is 0 Å². The Bertz CT molecular complexity index is 481. The molecule has 0 spiro atoms. The Kier molecular flexibility index (Phi) is 5.00. The lowest BCUT2D eigenvalue weighted by atomic mass is 10.0. The quantitative estimate of drug-likeness (QED) is 0.578. The number of hydrogen-bond acceptors (Lipinski definition) is 5. The summed E-state index contributed by atoms with van der Waals surface area (Å²) in [6, 6.07) is 4.11. The number of pyridine rings is 1. The van der Waals surface area contributed by atoms with E-state index in [1.165, 1.54) is 5.56 Å². The standard InChI is InChI=1S/C13H20N6/c1-2-9-19-13(10-16-18-19)12(17-14)4-3-11-5-7-15-8-6-11/h5-8,10,12,17H,2-4,9,14H2,1H3. The molecule has 2 aromatic heterocycles. The van der Waals surface area contributed by atoms with Crippen LogP contribution in [0.15, 0.2) is 30.7 Å². The first-order chi connectivity index (χ1) is 9.35. The molecule has 3 N–H and O–H groups in total. The lowest BCUT2D eigenvalue weighted by molar-refractivity contribution is 0.454. The Morgan fingerprint density at radius 3 is 2.84 bits per heavy atom. The molecule has 0 saturated carbocycles. The molecule has 0 saturated heterocycles. The highest BCUT2D eigenvalue weighted by Gasteiger charge is 2.15. The van der Waals surface area contributed by atoms with Crippen molar-refractivity contribution in [1.29, 1.82) is 0 Å². The van der Waals surface area contributed by atoms with E-state index in [1.54, 1.807) is 6.20 Å². The van der Waals surface area contributed by atoms with Crippen LogP contribution < -0.4 is 11.3 Å². The summed E-state index contributed by atoms with van der Waals surface area (Å²) < 4.78 is 1.91. The van der Waals surface area contributed by atoms with Crippen molar-refractivity contribution in [2.24, 2.45) is 5.84 Å². The summed E-state index contributed by atoms with van der Waals surface area (Å²) in [5.74, 6) is 5.66. The van der Waals surface area contributed by atoms with Crippen LogP contribution in [0.2, 0.25) is 0 Å². The summed E-state index contributed by atoms with van der Waals surface area (Å²) in [4.78, 5) is 4.02. The van der Waals surface area contributed by atoms with Crippen LogP contribution >= 0.6 is 0 Å². The average Bonchev–Trinajstić information content (AvgIpc) is 2.90. The van der Waals surface area contributed by atoms with Gasteiger partial charge < -0.3 is 0 Å². The van der Waals surface area contributed by atoms with E-state index in [-0.39, 0.29) is 6.04 Å². The highest BCUT2D eigenvalue weighted by atomic mass is 15.4. The van der Waals surface area contributed by atoms with Gasteiger partial charge in [0.05, 0.1) is 17.9 Å². The third kappa shape index (κ3) is 3.59. The molecule has 0 fully saturated rings. The molecule has 0 amide bonds. The Balaban J connectivity index is 2.01. The van der Waals surface area contributed by atoms with Crippen LogP contribution in [0.4, 0.5) is 0 Å². The lowest BCUT2D eigenvalue weighted by Gasteiger charge is -2.16. The third-order valence-corrected chi connectivity index (χ3v) is 3.11. The number of rotatable bonds is 7. The highest BCUT2D eigenvalue weighted by molar-refractivity contribution is 5.11. The maximum Gasteiger partial charge on any atom is 0.0770 e. The van der Waals surface area contributed by atoms with Gasteiger partial charge in [0.1, 0.15) is 0 Å². The molecule has 1 atom stereocenters. The second-order valence-electron chi connectivity index (χ2n) is 4.50. The topological polar surface area (TPSA) is 81.7 Å². The summed E-state index contributed by atoms with van der Waals surface area (Å²) in [7, 11) is 0. The van der Waals surface area contributed by atoms with E-state index in [0.717, 1.165) is 31.5 Å². The fourth-order valence-corrected chi connectivity index (χ4v) is 2.10. The predicted molar refractivity (Wildman–Crippen MR) is 72.9 cm³/mol. The molecule has 0 radical (unpaired) electrons. The first-order valence-corrected chi connectivity index (χ1v) is 6.58. The van der Waals surface area contributed by atoms with Gasteiger partial charge in [-0.25, -0.2) is 4.68 Å². The van der Waals surface area contributed by atoms with Crippen molar-refractivity contribution in [1.82, 2.24) is 25.4 Å². The number of nitrogens with zero attached hydrogens (tertiary/aromatic N) is 4. The molecular weight excluding hydrogens is 240 g/mol. The molecule has 0 aliphatic heterocycles. The van der Waals surface area contributed by atoms with Crippen LogP contribution in [-0.2, 0) is 13.0 Å². The van der Waals surface area contributed by atoms with Crippen molar-refractivity contribution in [3.05, 3.63) is 42.0 Å². The van der Waals surface area contributed by atoms with Gasteiger partial charge in [0.15, 0.2) is 0 Å². The Morgan fingerprint density at radius 1 is 1.37 bits per heavy atom. The molecule has 6 heteroatoms. The summed E-state index contributed by atoms with van der Waals surface area (Å²) in [5.41, 5.74) is 5.15. The SMILES string of the molecule is CCCn1nncc1C(CCc1ccncc1)NN. The zero-order chi connectivity index (χ0) is 13.5. The van der Waals surface area contributed by atoms with E-state index in [0.29, 0.717) is 0 Å². The second-order valence-corrected chi connectivity index (χ2v) is 4.50. The maximum absolute atomic E-state index is 5.66. The molecule has 0 aliphatic rings. The fourth-order valence-electron chi connectivity index (χ4n) is 2.10. The van der Waals surface area contributed by atoms with Gasteiger partial charge >= 0.3 is 0 Å². The molecule has 1 unspecified atom stereocenters. The minimum Gasteiger partial charge on any atom is -0.271 e. The third-order valence-electron chi connectivity index (χ3n) is 3.11. The molecule has 0 aliphatic carbocycles. The Morgan fingerprint density at radius 2 is 2.16 bits per heavy atom. The molecule has 2 aromatic rings. The van der Waals surface area contributed by atoms with Gasteiger partial charge in [-0.15, -0.1) is 5.10 Å². The van der Waals surface area contributed by atoms with E-state index in [4.69, 9.17) is 5.84 Å². The zero-order valence-corrected chi connectivity index (χ0v) is 11.2. The van der Waals surface area contributed by atoms with Gasteiger partial charge in [-0.3, -0.25) is 16.3 Å². The average molecular weight is 260 g/mol. The summed E-state index contributed by atoms with van der Waals surface area (Å²) in [5, 5.41) is 8.06. The molecule has 0 aromatic carbocycles. The Labute approximate surface area is 113 Å². The van der Waals surface area contributed by atoms with Gasteiger partial charge in [0, 0.05) is 18.9 Å². The smallest absolute Gasteiger partial charge is 0.0770 e. The van der Waals surface area contributed by atoms with Gasteiger partial charge in [0.25, 0.3) is 0 Å². The van der Waals surface area contributed by atoms with Crippen LogP contribution in [0.1, 0.15) is 37.1 Å². The largest absolute Gasteiger partial charge is 0.271 e. The monoisotopic (exact) mass is 260 g/mol. The molecule has 2 rings (SSSR count). The van der Waals surface area contributed by atoms with E-state index in [1.807, 2.05) is 29.2 Å². The molecule has 19 heavy (non-hydrogen) atoms. The van der Waals surface area contributed by atoms with E-state index < -0.39 is 0 Å². The second kappa shape index (κ2) is 6.96. The van der Waals surface area contributed by atoms with Crippen LogP contribution in [0, 0.1) is 0 Å². The van der Waals surface area contributed by atoms with Gasteiger partial charge in [-0.05, 0) is 37.0 Å². The number of hydrogen-bond donors (Lipinski definition) is 2. The minimum absolute atomic E-state index is 0.0646. The van der Waals surface area contributed by atoms with E-state index in [2.05, 4.69) is 27.6 Å². The number of hydrazine groups is 1. The number of aromatic nitrogens is 4. The van der Waals surface area contributed by atoms with Crippen molar-refractivity contribution < 1.29 is 0 Å². The van der Waals surface area contributed by atoms with Crippen molar-refractivity contribution in [3.63, 3.8) is 0 Å². The fraction of sp³-hybridized carbons (Fsp3) is 0.462. The van der Waals surface area contributed by atoms with Crippen LogP contribution in [0.3, 0.4) is 0 Å². The van der Waals surface area contributed by atoms with Crippen LogP contribution in [0.5, 0.6) is 0 Å². The summed E-state index contributed by atoms with van der Waals surface area (Å²) >= 11 is 0. The molecule has 102 valence electrons. The number of nitrogens with two attached hydrogens (primary N) is 1. The normalized spacial score (nSPS) is 12.5. The molecule has 0 bridgehead atoms.